The molecule has 0 aliphatic carbocycles. The van der Waals surface area contributed by atoms with Crippen LogP contribution in [0.1, 0.15) is 49.1 Å². The Morgan fingerprint density at radius 3 is 1.62 bits per heavy atom. The van der Waals surface area contributed by atoms with E-state index in [-0.39, 0.29) is 5.41 Å². The van der Waals surface area contributed by atoms with E-state index in [9.17, 15) is 5.11 Å². The minimum atomic E-state index is -0.653. The van der Waals surface area contributed by atoms with E-state index in [0.717, 1.165) is 22.3 Å². The van der Waals surface area contributed by atoms with E-state index in [0.29, 0.717) is 0 Å². The van der Waals surface area contributed by atoms with Crippen molar-refractivity contribution in [2.75, 3.05) is 0 Å². The lowest BCUT2D eigenvalue weighted by Gasteiger charge is -2.20. The third kappa shape index (κ3) is 4.30. The molecule has 1 nitrogen and oxygen atoms in total. The molecule has 132 valence electrons. The molecule has 3 aromatic rings. The highest BCUT2D eigenvalue weighted by Crippen LogP contribution is 2.29. The predicted molar refractivity (Wildman–Crippen MR) is 110 cm³/mol. The molecule has 3 aromatic carbocycles. The second-order valence-corrected chi connectivity index (χ2v) is 7.63. The largest absolute Gasteiger partial charge is 0.384 e. The van der Waals surface area contributed by atoms with Crippen molar-refractivity contribution < 1.29 is 5.11 Å². The summed E-state index contributed by atoms with van der Waals surface area (Å²) in [6.45, 7) is 6.59. The van der Waals surface area contributed by atoms with Crippen LogP contribution in [0.25, 0.3) is 5.57 Å². The molecule has 0 spiro atoms. The number of hydrogen-bond donors (Lipinski definition) is 1. The van der Waals surface area contributed by atoms with Crippen molar-refractivity contribution in [1.29, 1.82) is 0 Å². The van der Waals surface area contributed by atoms with Crippen molar-refractivity contribution in [2.24, 2.45) is 0 Å². The fraction of sp³-hybridized carbons (Fsp3) is 0.200. The van der Waals surface area contributed by atoms with Crippen molar-refractivity contribution in [1.82, 2.24) is 0 Å². The van der Waals surface area contributed by atoms with Crippen LogP contribution in [0.15, 0.2) is 91.0 Å². The van der Waals surface area contributed by atoms with Crippen LogP contribution in [-0.4, -0.2) is 5.11 Å². The maximum atomic E-state index is 10.8. The van der Waals surface area contributed by atoms with Gasteiger partial charge in [-0.15, -0.1) is 0 Å². The van der Waals surface area contributed by atoms with E-state index in [2.05, 4.69) is 57.2 Å². The summed E-state index contributed by atoms with van der Waals surface area (Å²) >= 11 is 0. The summed E-state index contributed by atoms with van der Waals surface area (Å²) in [5.74, 6) is 0. The molecule has 0 bridgehead atoms. The normalized spacial score (nSPS) is 12.5. The van der Waals surface area contributed by atoms with E-state index in [1.807, 2.05) is 54.6 Å². The topological polar surface area (TPSA) is 20.2 Å². The maximum Gasteiger partial charge on any atom is 0.0980 e. The Hall–Kier alpha value is -2.64. The molecule has 0 aliphatic heterocycles. The van der Waals surface area contributed by atoms with E-state index < -0.39 is 6.10 Å². The summed E-state index contributed by atoms with van der Waals surface area (Å²) in [7, 11) is 0. The first-order valence-corrected chi connectivity index (χ1v) is 9.06. The monoisotopic (exact) mass is 342 g/mol. The first kappa shape index (κ1) is 18.2. The van der Waals surface area contributed by atoms with Crippen LogP contribution < -0.4 is 0 Å². The Kier molecular flexibility index (Phi) is 5.39. The van der Waals surface area contributed by atoms with Gasteiger partial charge in [-0.05, 0) is 39.3 Å². The van der Waals surface area contributed by atoms with Gasteiger partial charge < -0.3 is 5.11 Å². The van der Waals surface area contributed by atoms with Gasteiger partial charge in [0.1, 0.15) is 0 Å². The zero-order valence-electron chi connectivity index (χ0n) is 15.7. The lowest BCUT2D eigenvalue weighted by atomic mass is 9.86. The molecular formula is C25H26O. The first-order valence-electron chi connectivity index (χ1n) is 9.06. The highest BCUT2D eigenvalue weighted by Gasteiger charge is 2.15. The number of aliphatic hydroxyl groups excluding tert-OH is 1. The molecule has 1 heteroatoms. The molecule has 0 radical (unpaired) electrons. The average molecular weight is 342 g/mol. The van der Waals surface area contributed by atoms with Crippen LogP contribution in [0.5, 0.6) is 0 Å². The third-order valence-corrected chi connectivity index (χ3v) is 4.61. The lowest BCUT2D eigenvalue weighted by Crippen LogP contribution is -2.11. The van der Waals surface area contributed by atoms with Crippen LogP contribution in [-0.2, 0) is 5.41 Å². The number of aliphatic hydroxyl groups is 1. The van der Waals surface area contributed by atoms with E-state index in [4.69, 9.17) is 0 Å². The van der Waals surface area contributed by atoms with E-state index in [1.54, 1.807) is 0 Å². The van der Waals surface area contributed by atoms with Gasteiger partial charge in [-0.1, -0.05) is 106 Å². The fourth-order valence-corrected chi connectivity index (χ4v) is 3.03. The Morgan fingerprint density at radius 1 is 0.731 bits per heavy atom. The summed E-state index contributed by atoms with van der Waals surface area (Å²) in [6, 6.07) is 28.7. The van der Waals surface area contributed by atoms with Gasteiger partial charge in [0.05, 0.1) is 6.10 Å². The summed E-state index contributed by atoms with van der Waals surface area (Å²) in [4.78, 5) is 0. The van der Waals surface area contributed by atoms with Crippen molar-refractivity contribution in [2.45, 2.75) is 32.3 Å². The summed E-state index contributed by atoms with van der Waals surface area (Å²) in [5, 5.41) is 10.8. The van der Waals surface area contributed by atoms with Crippen molar-refractivity contribution >= 4 is 5.57 Å². The van der Waals surface area contributed by atoms with Crippen LogP contribution in [0.3, 0.4) is 0 Å². The smallest absolute Gasteiger partial charge is 0.0980 e. The summed E-state index contributed by atoms with van der Waals surface area (Å²) in [6.07, 6.45) is 1.29. The van der Waals surface area contributed by atoms with Crippen LogP contribution in [0.4, 0.5) is 0 Å². The van der Waals surface area contributed by atoms with Crippen molar-refractivity contribution in [3.8, 4) is 0 Å². The molecule has 1 N–H and O–H groups in total. The molecule has 3 rings (SSSR count). The van der Waals surface area contributed by atoms with Gasteiger partial charge in [-0.25, -0.2) is 0 Å². The molecule has 1 unspecified atom stereocenters. The van der Waals surface area contributed by atoms with Gasteiger partial charge >= 0.3 is 0 Å². The van der Waals surface area contributed by atoms with E-state index in [1.165, 1.54) is 5.56 Å². The molecule has 0 aromatic heterocycles. The quantitative estimate of drug-likeness (QED) is 0.603. The van der Waals surface area contributed by atoms with Gasteiger partial charge in [0.15, 0.2) is 0 Å². The molecule has 0 heterocycles. The number of rotatable bonds is 4. The van der Waals surface area contributed by atoms with Crippen LogP contribution >= 0.6 is 0 Å². The summed E-state index contributed by atoms with van der Waals surface area (Å²) in [5.41, 5.74) is 5.52. The van der Waals surface area contributed by atoms with Gasteiger partial charge in [0.25, 0.3) is 0 Å². The minimum absolute atomic E-state index is 0.110. The molecular weight excluding hydrogens is 316 g/mol. The highest BCUT2D eigenvalue weighted by molar-refractivity contribution is 5.80. The molecule has 1 atom stereocenters. The fourth-order valence-electron chi connectivity index (χ4n) is 3.03. The Bertz CT molecular complexity index is 812. The van der Waals surface area contributed by atoms with Crippen molar-refractivity contribution in [3.63, 3.8) is 0 Å². The highest BCUT2D eigenvalue weighted by atomic mass is 16.3. The number of hydrogen-bond acceptors (Lipinski definition) is 1. The molecule has 0 aliphatic rings. The molecule has 0 saturated heterocycles. The first-order chi connectivity index (χ1) is 12.4. The van der Waals surface area contributed by atoms with Crippen LogP contribution in [0, 0.1) is 0 Å². The van der Waals surface area contributed by atoms with Gasteiger partial charge in [0.2, 0.25) is 0 Å². The SMILES string of the molecule is CC(C)(C)c1ccc(C(O)C=C(c2ccccc2)c2ccccc2)cc1. The maximum absolute atomic E-state index is 10.8. The molecule has 0 fully saturated rings. The lowest BCUT2D eigenvalue weighted by molar-refractivity contribution is 0.229. The second kappa shape index (κ2) is 7.72. The molecule has 0 saturated carbocycles. The minimum Gasteiger partial charge on any atom is -0.384 e. The van der Waals surface area contributed by atoms with Gasteiger partial charge in [-0.3, -0.25) is 0 Å². The Labute approximate surface area is 156 Å². The van der Waals surface area contributed by atoms with Gasteiger partial charge in [-0.2, -0.15) is 0 Å². The zero-order valence-corrected chi connectivity index (χ0v) is 15.7. The zero-order chi connectivity index (χ0) is 18.6. The van der Waals surface area contributed by atoms with Crippen LogP contribution in [0.2, 0.25) is 0 Å². The van der Waals surface area contributed by atoms with E-state index >= 15 is 0 Å². The standard InChI is InChI=1S/C25H26O/c1-25(2,3)22-16-14-21(15-17-22)24(26)18-23(19-10-6-4-7-11-19)20-12-8-5-9-13-20/h4-18,24,26H,1-3H3. The molecule has 0 amide bonds. The number of benzene rings is 3. The second-order valence-electron chi connectivity index (χ2n) is 7.63. The Balaban J connectivity index is 1.97. The van der Waals surface area contributed by atoms with Gasteiger partial charge in [0, 0.05) is 0 Å². The molecule has 26 heavy (non-hydrogen) atoms. The average Bonchev–Trinajstić information content (AvgIpc) is 2.67. The van der Waals surface area contributed by atoms with Crippen molar-refractivity contribution in [3.05, 3.63) is 113 Å². The Morgan fingerprint density at radius 2 is 1.19 bits per heavy atom. The third-order valence-electron chi connectivity index (χ3n) is 4.61. The summed E-state index contributed by atoms with van der Waals surface area (Å²) < 4.78 is 0. The predicted octanol–water partition coefficient (Wildman–Crippen LogP) is 6.15.